The van der Waals surface area contributed by atoms with Crippen molar-refractivity contribution in [3.8, 4) is 23.0 Å². The monoisotopic (exact) mass is 579 g/mol. The van der Waals surface area contributed by atoms with Crippen molar-refractivity contribution in [2.75, 3.05) is 30.9 Å². The number of aromatic nitrogens is 6. The van der Waals surface area contributed by atoms with Crippen LogP contribution in [-0.2, 0) is 6.54 Å². The fourth-order valence-electron chi connectivity index (χ4n) is 4.62. The summed E-state index contributed by atoms with van der Waals surface area (Å²) in [6, 6.07) is 3.50. The molecule has 5 rings (SSSR count). The molecule has 0 bridgehead atoms. The lowest BCUT2D eigenvalue weighted by Gasteiger charge is -2.15. The van der Waals surface area contributed by atoms with E-state index >= 15 is 8.78 Å². The van der Waals surface area contributed by atoms with E-state index in [4.69, 9.17) is 14.6 Å². The van der Waals surface area contributed by atoms with Crippen molar-refractivity contribution >= 4 is 23.5 Å². The van der Waals surface area contributed by atoms with Crippen molar-refractivity contribution < 1.29 is 23.0 Å². The number of methoxy groups -OCH3 is 1. The van der Waals surface area contributed by atoms with Crippen LogP contribution in [0.15, 0.2) is 30.7 Å². The lowest BCUT2D eigenvalue weighted by atomic mass is 10.1. The van der Waals surface area contributed by atoms with Gasteiger partial charge in [-0.15, -0.1) is 0 Å². The second-order valence-electron chi connectivity index (χ2n) is 9.57. The first-order valence-corrected chi connectivity index (χ1v) is 13.5. The van der Waals surface area contributed by atoms with Crippen molar-refractivity contribution in [1.29, 1.82) is 0 Å². The molecule has 1 aliphatic carbocycles. The van der Waals surface area contributed by atoms with E-state index < -0.39 is 17.7 Å². The van der Waals surface area contributed by atoms with Gasteiger partial charge in [0, 0.05) is 47.6 Å². The van der Waals surface area contributed by atoms with Crippen LogP contribution < -0.4 is 25.4 Å². The van der Waals surface area contributed by atoms with Crippen LogP contribution in [0.3, 0.4) is 0 Å². The Kier molecular flexibility index (Phi) is 8.41. The molecule has 1 aromatic carbocycles. The highest BCUT2D eigenvalue weighted by molar-refractivity contribution is 5.91. The summed E-state index contributed by atoms with van der Waals surface area (Å²) in [7, 11) is 1.43. The molecule has 1 aliphatic rings. The van der Waals surface area contributed by atoms with E-state index in [1.165, 1.54) is 25.6 Å². The van der Waals surface area contributed by atoms with Crippen LogP contribution in [0.25, 0.3) is 11.5 Å². The van der Waals surface area contributed by atoms with Gasteiger partial charge in [0.2, 0.25) is 5.75 Å². The number of anilines is 3. The number of hydrogen-bond donors (Lipinski definition) is 3. The Morgan fingerprint density at radius 2 is 1.88 bits per heavy atom. The molecule has 1 saturated carbocycles. The van der Waals surface area contributed by atoms with Crippen molar-refractivity contribution in [3.05, 3.63) is 59.2 Å². The molecule has 0 radical (unpaired) electrons. The first-order chi connectivity index (χ1) is 20.3. The maximum Gasteiger partial charge on any atom is 0.320 e. The van der Waals surface area contributed by atoms with E-state index in [0.717, 1.165) is 24.1 Å². The smallest absolute Gasteiger partial charge is 0.320 e. The number of nitrogens with one attached hydrogen (secondary N) is 3. The average molecular weight is 580 g/mol. The third-order valence-electron chi connectivity index (χ3n) is 6.61. The van der Waals surface area contributed by atoms with Gasteiger partial charge in [-0.2, -0.15) is 5.10 Å². The number of hydrogen-bond acceptors (Lipinski definition) is 9. The van der Waals surface area contributed by atoms with Crippen LogP contribution in [0.1, 0.15) is 49.4 Å². The molecule has 1 fully saturated rings. The molecule has 3 N–H and O–H groups in total. The Morgan fingerprint density at radius 3 is 2.50 bits per heavy atom. The summed E-state index contributed by atoms with van der Waals surface area (Å²) in [6.45, 7) is 5.95. The number of halogens is 2. The molecule has 14 heteroatoms. The van der Waals surface area contributed by atoms with Crippen molar-refractivity contribution in [2.45, 2.75) is 46.1 Å². The maximum absolute atomic E-state index is 15.0. The summed E-state index contributed by atoms with van der Waals surface area (Å²) in [4.78, 5) is 29.8. The molecule has 0 spiro atoms. The number of amides is 2. The summed E-state index contributed by atoms with van der Waals surface area (Å²) in [5.74, 6) is -0.0519. The fourth-order valence-corrected chi connectivity index (χ4v) is 4.62. The summed E-state index contributed by atoms with van der Waals surface area (Å²) >= 11 is 0. The molecule has 0 unspecified atom stereocenters. The standard InChI is InChI=1S/C28H31F2N9O3/c1-5-32-28(40)37-27-24(41-4)26(34-21-9-10-31-14-33-21)35-25(36-27)22-15(3)23(16-7-8-16)39(38-22)13-18-19(29)11-17(42-6-2)12-20(18)30/h9-12,14,16H,5-8,13H2,1-4H3,(H3,31,32,33,34,35,36,37,40). The van der Waals surface area contributed by atoms with Gasteiger partial charge in [-0.05, 0) is 39.7 Å². The van der Waals surface area contributed by atoms with E-state index in [1.807, 2.05) is 6.92 Å². The highest BCUT2D eigenvalue weighted by Crippen LogP contribution is 2.44. The van der Waals surface area contributed by atoms with Gasteiger partial charge in [0.1, 0.15) is 35.2 Å². The summed E-state index contributed by atoms with van der Waals surface area (Å²) in [5.41, 5.74) is 1.89. The highest BCUT2D eigenvalue weighted by Gasteiger charge is 2.33. The van der Waals surface area contributed by atoms with Gasteiger partial charge in [0.25, 0.3) is 0 Å². The Labute approximate surface area is 240 Å². The fraction of sp³-hybridized carbons (Fsp3) is 0.357. The second-order valence-corrected chi connectivity index (χ2v) is 9.57. The lowest BCUT2D eigenvalue weighted by Crippen LogP contribution is -2.29. The largest absolute Gasteiger partial charge is 0.494 e. The number of carbonyl (C=O) groups excluding carboxylic acids is 1. The molecule has 220 valence electrons. The van der Waals surface area contributed by atoms with Gasteiger partial charge < -0.3 is 20.1 Å². The van der Waals surface area contributed by atoms with Gasteiger partial charge in [-0.3, -0.25) is 10.00 Å². The zero-order valence-electron chi connectivity index (χ0n) is 23.7. The van der Waals surface area contributed by atoms with Gasteiger partial charge in [-0.1, -0.05) is 0 Å². The Bertz CT molecular complexity index is 1570. The van der Waals surface area contributed by atoms with Crippen LogP contribution in [0, 0.1) is 18.6 Å². The van der Waals surface area contributed by atoms with E-state index in [9.17, 15) is 4.79 Å². The second kappa shape index (κ2) is 12.3. The zero-order valence-corrected chi connectivity index (χ0v) is 23.7. The van der Waals surface area contributed by atoms with Crippen molar-refractivity contribution in [2.24, 2.45) is 0 Å². The molecule has 0 atom stereocenters. The highest BCUT2D eigenvalue weighted by atomic mass is 19.1. The molecule has 12 nitrogen and oxygen atoms in total. The topological polar surface area (TPSA) is 141 Å². The molecular weight excluding hydrogens is 548 g/mol. The minimum Gasteiger partial charge on any atom is -0.494 e. The summed E-state index contributed by atoms with van der Waals surface area (Å²) in [5, 5.41) is 13.2. The zero-order chi connectivity index (χ0) is 29.8. The maximum atomic E-state index is 15.0. The molecule has 0 saturated heterocycles. The first kappa shape index (κ1) is 28.6. The molecule has 3 heterocycles. The lowest BCUT2D eigenvalue weighted by molar-refractivity contribution is 0.252. The van der Waals surface area contributed by atoms with Gasteiger partial charge in [0.05, 0.1) is 20.3 Å². The van der Waals surface area contributed by atoms with Crippen LogP contribution in [0.2, 0.25) is 0 Å². The molecule has 4 aromatic rings. The number of rotatable bonds is 11. The number of urea groups is 1. The normalized spacial score (nSPS) is 12.6. The Morgan fingerprint density at radius 1 is 1.14 bits per heavy atom. The van der Waals surface area contributed by atoms with Crippen LogP contribution >= 0.6 is 0 Å². The summed E-state index contributed by atoms with van der Waals surface area (Å²) in [6.07, 6.45) is 4.78. The van der Waals surface area contributed by atoms with Crippen LogP contribution in [0.5, 0.6) is 11.5 Å². The average Bonchev–Trinajstić information content (AvgIpc) is 3.74. The molecule has 2 amide bonds. The van der Waals surface area contributed by atoms with Crippen molar-refractivity contribution in [1.82, 2.24) is 35.0 Å². The number of benzene rings is 1. The van der Waals surface area contributed by atoms with Gasteiger partial charge >= 0.3 is 6.03 Å². The van der Waals surface area contributed by atoms with E-state index in [1.54, 1.807) is 30.8 Å². The predicted molar refractivity (Wildman–Crippen MR) is 151 cm³/mol. The van der Waals surface area contributed by atoms with E-state index in [2.05, 4.69) is 35.9 Å². The SMILES string of the molecule is CCNC(=O)Nc1nc(-c2nn(Cc3c(F)cc(OCC)cc3F)c(C3CC3)c2C)nc(Nc2ccncn2)c1OC. The quantitative estimate of drug-likeness (QED) is 0.225. The van der Waals surface area contributed by atoms with Crippen LogP contribution in [0.4, 0.5) is 31.0 Å². The van der Waals surface area contributed by atoms with Crippen molar-refractivity contribution in [3.63, 3.8) is 0 Å². The van der Waals surface area contributed by atoms with E-state index in [0.29, 0.717) is 24.7 Å². The number of nitrogens with zero attached hydrogens (tertiary/aromatic N) is 6. The minimum atomic E-state index is -0.722. The Balaban J connectivity index is 1.60. The number of carbonyl (C=O) groups is 1. The molecule has 0 aliphatic heterocycles. The van der Waals surface area contributed by atoms with Crippen LogP contribution in [-0.4, -0.2) is 56.0 Å². The third-order valence-corrected chi connectivity index (χ3v) is 6.61. The van der Waals surface area contributed by atoms with E-state index in [-0.39, 0.29) is 47.0 Å². The minimum absolute atomic E-state index is 0.0931. The first-order valence-electron chi connectivity index (χ1n) is 13.5. The predicted octanol–water partition coefficient (Wildman–Crippen LogP) is 4.93. The Hall–Kier alpha value is -4.88. The van der Waals surface area contributed by atoms with Gasteiger partial charge in [0.15, 0.2) is 17.5 Å². The molecule has 3 aromatic heterocycles. The molecule has 42 heavy (non-hydrogen) atoms. The summed E-state index contributed by atoms with van der Waals surface area (Å²) < 4.78 is 42.5. The number of ether oxygens (including phenoxy) is 2. The van der Waals surface area contributed by atoms with Gasteiger partial charge in [-0.25, -0.2) is 33.5 Å². The molecular formula is C28H31F2N9O3. The third kappa shape index (κ3) is 6.06.